The summed E-state index contributed by atoms with van der Waals surface area (Å²) in [5, 5.41) is 17.9. The number of carboxylic acids is 2. The van der Waals surface area contributed by atoms with Crippen molar-refractivity contribution in [2.75, 3.05) is 6.54 Å². The quantitative estimate of drug-likeness (QED) is 0.494. The first-order chi connectivity index (χ1) is 14.2. The number of benzene rings is 1. The van der Waals surface area contributed by atoms with Crippen LogP contribution in [0.4, 0.5) is 0 Å². The molecular weight excluding hydrogens is 424 g/mol. The van der Waals surface area contributed by atoms with E-state index in [-0.39, 0.29) is 24.4 Å². The van der Waals surface area contributed by atoms with Crippen LogP contribution in [0.2, 0.25) is 0 Å². The summed E-state index contributed by atoms with van der Waals surface area (Å²) < 4.78 is 2.42. The molecule has 3 rings (SSSR count). The minimum atomic E-state index is -0.978. The molecule has 1 aromatic carbocycles. The zero-order valence-electron chi connectivity index (χ0n) is 16.4. The van der Waals surface area contributed by atoms with Gasteiger partial charge in [-0.25, -0.2) is 4.79 Å². The first-order valence-electron chi connectivity index (χ1n) is 9.19. The molecule has 7 nitrogen and oxygen atoms in total. The number of thioether (sulfide) groups is 1. The van der Waals surface area contributed by atoms with Crippen molar-refractivity contribution in [1.29, 1.82) is 0 Å². The molecule has 2 aromatic rings. The van der Waals surface area contributed by atoms with Crippen LogP contribution < -0.4 is 0 Å². The molecule has 2 N–H and O–H groups in total. The third-order valence-electron chi connectivity index (χ3n) is 4.78. The summed E-state index contributed by atoms with van der Waals surface area (Å²) in [6.07, 6.45) is 2.12. The van der Waals surface area contributed by atoms with Crippen molar-refractivity contribution in [1.82, 2.24) is 9.47 Å². The number of carbonyl (C=O) groups is 3. The standard InChI is InChI=1S/C21H20N2O5S2/c1-12-10-15(13(2)23(12)16-7-5-14(6-8-16)20(27)28)11-17-19(26)22(21(29)30-17)9-3-4-18(24)25/h5-8,10-11H,3-4,9H2,1-2H3,(H,24,25)(H,27,28)/b17-11-. The highest BCUT2D eigenvalue weighted by Gasteiger charge is 2.32. The predicted octanol–water partition coefficient (Wildman–Crippen LogP) is 3.86. The van der Waals surface area contributed by atoms with E-state index < -0.39 is 11.9 Å². The fraction of sp³-hybridized carbons (Fsp3) is 0.238. The van der Waals surface area contributed by atoms with Crippen LogP contribution >= 0.6 is 24.0 Å². The molecule has 1 fully saturated rings. The molecule has 0 atom stereocenters. The Kier molecular flexibility index (Phi) is 6.42. The van der Waals surface area contributed by atoms with Crippen LogP contribution in [-0.4, -0.2) is 48.4 Å². The fourth-order valence-electron chi connectivity index (χ4n) is 3.31. The van der Waals surface area contributed by atoms with Gasteiger partial charge in [-0.05, 0) is 62.2 Å². The average Bonchev–Trinajstić information content (AvgIpc) is 3.11. The Morgan fingerprint density at radius 1 is 1.17 bits per heavy atom. The fourth-order valence-corrected chi connectivity index (χ4v) is 4.61. The summed E-state index contributed by atoms with van der Waals surface area (Å²) >= 11 is 6.50. The Morgan fingerprint density at radius 2 is 1.83 bits per heavy atom. The number of thiocarbonyl (C=S) groups is 1. The summed E-state index contributed by atoms with van der Waals surface area (Å²) in [6, 6.07) is 8.55. The second-order valence-corrected chi connectivity index (χ2v) is 8.52. The third kappa shape index (κ3) is 4.47. The van der Waals surface area contributed by atoms with Gasteiger partial charge >= 0.3 is 11.9 Å². The van der Waals surface area contributed by atoms with Gasteiger partial charge in [-0.2, -0.15) is 0 Å². The van der Waals surface area contributed by atoms with E-state index in [1.54, 1.807) is 30.3 Å². The molecule has 0 saturated carbocycles. The van der Waals surface area contributed by atoms with Crippen molar-refractivity contribution >= 4 is 52.2 Å². The van der Waals surface area contributed by atoms with E-state index in [9.17, 15) is 14.4 Å². The number of aromatic nitrogens is 1. The van der Waals surface area contributed by atoms with E-state index in [1.807, 2.05) is 24.5 Å². The van der Waals surface area contributed by atoms with E-state index in [0.717, 1.165) is 22.6 Å². The van der Waals surface area contributed by atoms with E-state index in [1.165, 1.54) is 16.7 Å². The number of nitrogens with zero attached hydrogens (tertiary/aromatic N) is 2. The lowest BCUT2D eigenvalue weighted by atomic mass is 10.2. The Hall–Kier alpha value is -2.91. The molecule has 0 radical (unpaired) electrons. The lowest BCUT2D eigenvalue weighted by Crippen LogP contribution is -2.29. The molecule has 1 amide bonds. The summed E-state index contributed by atoms with van der Waals surface area (Å²) in [5.74, 6) is -2.10. The molecule has 1 aromatic heterocycles. The minimum absolute atomic E-state index is 0.0159. The summed E-state index contributed by atoms with van der Waals surface area (Å²) in [6.45, 7) is 4.15. The summed E-state index contributed by atoms with van der Waals surface area (Å²) in [5.41, 5.74) is 3.76. The second kappa shape index (κ2) is 8.85. The smallest absolute Gasteiger partial charge is 0.335 e. The van der Waals surface area contributed by atoms with Crippen molar-refractivity contribution < 1.29 is 24.6 Å². The molecule has 1 saturated heterocycles. The van der Waals surface area contributed by atoms with Crippen LogP contribution in [0.25, 0.3) is 11.8 Å². The normalized spacial score (nSPS) is 15.3. The second-order valence-electron chi connectivity index (χ2n) is 6.84. The topological polar surface area (TPSA) is 99.8 Å². The Morgan fingerprint density at radius 3 is 2.43 bits per heavy atom. The molecule has 9 heteroatoms. The van der Waals surface area contributed by atoms with E-state index in [4.69, 9.17) is 22.4 Å². The molecule has 0 unspecified atom stereocenters. The maximum atomic E-state index is 12.7. The molecule has 2 heterocycles. The maximum absolute atomic E-state index is 12.7. The van der Waals surface area contributed by atoms with Crippen LogP contribution in [0.15, 0.2) is 35.2 Å². The van der Waals surface area contributed by atoms with Crippen LogP contribution in [0.5, 0.6) is 0 Å². The summed E-state index contributed by atoms with van der Waals surface area (Å²) in [4.78, 5) is 36.4. The molecular formula is C21H20N2O5S2. The maximum Gasteiger partial charge on any atom is 0.335 e. The average molecular weight is 445 g/mol. The highest BCUT2D eigenvalue weighted by molar-refractivity contribution is 8.26. The van der Waals surface area contributed by atoms with Gasteiger partial charge in [0.25, 0.3) is 5.91 Å². The number of carbonyl (C=O) groups excluding carboxylic acids is 1. The van der Waals surface area contributed by atoms with Crippen molar-refractivity contribution in [3.8, 4) is 5.69 Å². The lowest BCUT2D eigenvalue weighted by Gasteiger charge is -2.13. The first kappa shape index (κ1) is 21.8. The number of carboxylic acid groups (broad SMARTS) is 2. The van der Waals surface area contributed by atoms with Gasteiger partial charge in [0.1, 0.15) is 4.32 Å². The predicted molar refractivity (Wildman–Crippen MR) is 119 cm³/mol. The Balaban J connectivity index is 1.85. The Labute approximate surface area is 183 Å². The number of aromatic carboxylic acids is 1. The van der Waals surface area contributed by atoms with Gasteiger partial charge in [0.2, 0.25) is 0 Å². The largest absolute Gasteiger partial charge is 0.481 e. The molecule has 0 aliphatic carbocycles. The number of aryl methyl sites for hydroxylation is 1. The first-order valence-corrected chi connectivity index (χ1v) is 10.4. The van der Waals surface area contributed by atoms with Crippen molar-refractivity contribution in [2.24, 2.45) is 0 Å². The van der Waals surface area contributed by atoms with Crippen molar-refractivity contribution in [3.05, 3.63) is 57.8 Å². The van der Waals surface area contributed by atoms with Gasteiger partial charge in [0, 0.05) is 30.0 Å². The van der Waals surface area contributed by atoms with Crippen LogP contribution in [0.1, 0.15) is 40.2 Å². The molecule has 0 bridgehead atoms. The van der Waals surface area contributed by atoms with Crippen LogP contribution in [0, 0.1) is 13.8 Å². The number of rotatable bonds is 7. The van der Waals surface area contributed by atoms with Gasteiger partial charge in [-0.3, -0.25) is 14.5 Å². The van der Waals surface area contributed by atoms with Crippen LogP contribution in [-0.2, 0) is 9.59 Å². The van der Waals surface area contributed by atoms with E-state index in [2.05, 4.69) is 0 Å². The summed E-state index contributed by atoms with van der Waals surface area (Å²) in [7, 11) is 0. The Bertz CT molecular complexity index is 1070. The molecule has 1 aliphatic heterocycles. The monoisotopic (exact) mass is 444 g/mol. The van der Waals surface area contributed by atoms with Gasteiger partial charge < -0.3 is 14.8 Å². The highest BCUT2D eigenvalue weighted by Crippen LogP contribution is 2.34. The highest BCUT2D eigenvalue weighted by atomic mass is 32.2. The molecule has 156 valence electrons. The number of amides is 1. The molecule has 1 aliphatic rings. The van der Waals surface area contributed by atoms with Crippen LogP contribution in [0.3, 0.4) is 0 Å². The number of hydrogen-bond acceptors (Lipinski definition) is 5. The zero-order chi connectivity index (χ0) is 22.0. The van der Waals surface area contributed by atoms with Gasteiger partial charge in [-0.1, -0.05) is 24.0 Å². The third-order valence-corrected chi connectivity index (χ3v) is 6.15. The van der Waals surface area contributed by atoms with E-state index in [0.29, 0.717) is 15.6 Å². The minimum Gasteiger partial charge on any atom is -0.481 e. The van der Waals surface area contributed by atoms with Crippen molar-refractivity contribution in [3.63, 3.8) is 0 Å². The van der Waals surface area contributed by atoms with Crippen molar-refractivity contribution in [2.45, 2.75) is 26.7 Å². The number of aliphatic carboxylic acids is 1. The molecule has 0 spiro atoms. The SMILES string of the molecule is Cc1cc(/C=C2\SC(=S)N(CCCC(=O)O)C2=O)c(C)n1-c1ccc(C(=O)O)cc1. The zero-order valence-corrected chi connectivity index (χ0v) is 18.0. The van der Waals surface area contributed by atoms with E-state index >= 15 is 0 Å². The lowest BCUT2D eigenvalue weighted by molar-refractivity contribution is -0.137. The van der Waals surface area contributed by atoms with Gasteiger partial charge in [0.05, 0.1) is 10.5 Å². The molecule has 30 heavy (non-hydrogen) atoms. The van der Waals surface area contributed by atoms with Gasteiger partial charge in [0.15, 0.2) is 0 Å². The van der Waals surface area contributed by atoms with Gasteiger partial charge in [-0.15, -0.1) is 0 Å². The number of hydrogen-bond donors (Lipinski definition) is 2.